The van der Waals surface area contributed by atoms with Crippen molar-refractivity contribution in [2.45, 2.75) is 44.6 Å². The van der Waals surface area contributed by atoms with Crippen LogP contribution in [0.2, 0.25) is 0 Å². The highest BCUT2D eigenvalue weighted by molar-refractivity contribution is 4.78. The first-order valence-electron chi connectivity index (χ1n) is 4.38. The van der Waals surface area contributed by atoms with Crippen molar-refractivity contribution < 1.29 is 5.11 Å². The summed E-state index contributed by atoms with van der Waals surface area (Å²) in [4.78, 5) is 0. The summed E-state index contributed by atoms with van der Waals surface area (Å²) < 4.78 is 0. The van der Waals surface area contributed by atoms with Crippen molar-refractivity contribution in [2.24, 2.45) is 5.92 Å². The molecule has 0 aromatic rings. The van der Waals surface area contributed by atoms with Gasteiger partial charge >= 0.3 is 0 Å². The van der Waals surface area contributed by atoms with Gasteiger partial charge in [0.2, 0.25) is 0 Å². The maximum Gasteiger partial charge on any atom is 0.0672 e. The molecule has 0 aromatic carbocycles. The zero-order valence-corrected chi connectivity index (χ0v) is 6.79. The molecule has 1 fully saturated rings. The molecule has 1 rings (SSSR count). The van der Waals surface area contributed by atoms with Crippen molar-refractivity contribution in [1.29, 1.82) is 5.26 Å². The van der Waals surface area contributed by atoms with Crippen molar-refractivity contribution >= 4 is 0 Å². The van der Waals surface area contributed by atoms with Crippen LogP contribution in [0.4, 0.5) is 0 Å². The van der Waals surface area contributed by atoms with Crippen LogP contribution in [-0.4, -0.2) is 11.2 Å². The molecule has 2 nitrogen and oxygen atoms in total. The molecule has 0 bridgehead atoms. The fourth-order valence-electron chi connectivity index (χ4n) is 1.82. The summed E-state index contributed by atoms with van der Waals surface area (Å²) in [7, 11) is 0. The number of hydrogen-bond acceptors (Lipinski definition) is 2. The lowest BCUT2D eigenvalue weighted by Crippen LogP contribution is -2.10. The third-order valence-corrected chi connectivity index (χ3v) is 2.41. The molecular weight excluding hydrogens is 138 g/mol. The zero-order chi connectivity index (χ0) is 8.10. The van der Waals surface area contributed by atoms with E-state index in [0.29, 0.717) is 12.3 Å². The number of aliphatic hydroxyl groups excluding tert-OH is 1. The lowest BCUT2D eigenvalue weighted by Gasteiger charge is -2.11. The van der Waals surface area contributed by atoms with Crippen LogP contribution in [0.3, 0.4) is 0 Å². The lowest BCUT2D eigenvalue weighted by atomic mass is 9.99. The van der Waals surface area contributed by atoms with Gasteiger partial charge in [-0.15, -0.1) is 0 Å². The summed E-state index contributed by atoms with van der Waals surface area (Å²) in [5.74, 6) is 0.693. The minimum absolute atomic E-state index is 0.302. The van der Waals surface area contributed by atoms with Crippen LogP contribution in [0.15, 0.2) is 0 Å². The van der Waals surface area contributed by atoms with Gasteiger partial charge in [-0.05, 0) is 12.3 Å². The third-order valence-electron chi connectivity index (χ3n) is 2.41. The molecular formula is C9H15NO. The van der Waals surface area contributed by atoms with E-state index in [1.54, 1.807) is 0 Å². The lowest BCUT2D eigenvalue weighted by molar-refractivity contribution is 0.147. The number of hydrogen-bond donors (Lipinski definition) is 1. The second kappa shape index (κ2) is 4.35. The summed E-state index contributed by atoms with van der Waals surface area (Å²) in [5.41, 5.74) is 0. The molecule has 0 saturated heterocycles. The highest BCUT2D eigenvalue weighted by atomic mass is 16.3. The standard InChI is InChI=1S/C9H15NO/c10-6-5-9(11)7-8-3-1-2-4-8/h8-9,11H,1-5,7H2. The van der Waals surface area contributed by atoms with Crippen LogP contribution in [0, 0.1) is 17.2 Å². The smallest absolute Gasteiger partial charge is 0.0672 e. The second-order valence-electron chi connectivity index (χ2n) is 3.40. The van der Waals surface area contributed by atoms with Crippen LogP contribution in [0.25, 0.3) is 0 Å². The van der Waals surface area contributed by atoms with Crippen LogP contribution >= 0.6 is 0 Å². The second-order valence-corrected chi connectivity index (χ2v) is 3.40. The van der Waals surface area contributed by atoms with Gasteiger partial charge in [-0.1, -0.05) is 25.7 Å². The summed E-state index contributed by atoms with van der Waals surface area (Å²) in [5, 5.41) is 17.6. The summed E-state index contributed by atoms with van der Waals surface area (Å²) in [6.07, 6.45) is 5.89. The van der Waals surface area contributed by atoms with Crippen LogP contribution < -0.4 is 0 Å². The highest BCUT2D eigenvalue weighted by Gasteiger charge is 2.18. The van der Waals surface area contributed by atoms with Crippen LogP contribution in [-0.2, 0) is 0 Å². The molecule has 0 heterocycles. The number of nitriles is 1. The van der Waals surface area contributed by atoms with Crippen molar-refractivity contribution in [1.82, 2.24) is 0 Å². The molecule has 1 aliphatic rings. The fraction of sp³-hybridized carbons (Fsp3) is 0.889. The summed E-state index contributed by atoms with van der Waals surface area (Å²) >= 11 is 0. The Morgan fingerprint density at radius 2 is 2.09 bits per heavy atom. The monoisotopic (exact) mass is 153 g/mol. The molecule has 0 aliphatic heterocycles. The minimum atomic E-state index is -0.372. The average Bonchev–Trinajstić information content (AvgIpc) is 2.40. The first-order valence-corrected chi connectivity index (χ1v) is 4.38. The molecule has 1 atom stereocenters. The molecule has 1 unspecified atom stereocenters. The SMILES string of the molecule is N#CCC(O)CC1CCCC1. The van der Waals surface area contributed by atoms with E-state index in [1.807, 2.05) is 6.07 Å². The number of rotatable bonds is 3. The van der Waals surface area contributed by atoms with Gasteiger partial charge in [-0.25, -0.2) is 0 Å². The normalized spacial score (nSPS) is 21.5. The van der Waals surface area contributed by atoms with Gasteiger partial charge in [0.15, 0.2) is 0 Å². The minimum Gasteiger partial charge on any atom is -0.392 e. The maximum absolute atomic E-state index is 9.29. The van der Waals surface area contributed by atoms with Gasteiger partial charge in [0.25, 0.3) is 0 Å². The molecule has 11 heavy (non-hydrogen) atoms. The first-order chi connectivity index (χ1) is 5.33. The topological polar surface area (TPSA) is 44.0 Å². The fourth-order valence-corrected chi connectivity index (χ4v) is 1.82. The summed E-state index contributed by atoms with van der Waals surface area (Å²) in [6.45, 7) is 0. The Hall–Kier alpha value is -0.550. The van der Waals surface area contributed by atoms with Gasteiger partial charge in [-0.3, -0.25) is 0 Å². The quantitative estimate of drug-likeness (QED) is 0.672. The largest absolute Gasteiger partial charge is 0.392 e. The molecule has 0 spiro atoms. The van der Waals surface area contributed by atoms with Crippen molar-refractivity contribution in [3.05, 3.63) is 0 Å². The molecule has 0 radical (unpaired) electrons. The van der Waals surface area contributed by atoms with Crippen LogP contribution in [0.1, 0.15) is 38.5 Å². The summed E-state index contributed by atoms with van der Waals surface area (Å²) in [6, 6.07) is 1.99. The molecule has 1 aliphatic carbocycles. The van der Waals surface area contributed by atoms with E-state index in [9.17, 15) is 5.11 Å². The van der Waals surface area contributed by atoms with E-state index < -0.39 is 0 Å². The Morgan fingerprint density at radius 3 is 2.64 bits per heavy atom. The van der Waals surface area contributed by atoms with Crippen molar-refractivity contribution in [3.8, 4) is 6.07 Å². The Morgan fingerprint density at radius 1 is 1.45 bits per heavy atom. The molecule has 0 amide bonds. The molecule has 1 saturated carbocycles. The van der Waals surface area contributed by atoms with Gasteiger partial charge < -0.3 is 5.11 Å². The van der Waals surface area contributed by atoms with E-state index in [4.69, 9.17) is 5.26 Å². The number of aliphatic hydroxyl groups is 1. The third kappa shape index (κ3) is 2.90. The predicted octanol–water partition coefficient (Wildman–Crippen LogP) is 1.84. The van der Waals surface area contributed by atoms with Crippen molar-refractivity contribution in [2.75, 3.05) is 0 Å². The Labute approximate surface area is 67.8 Å². The highest BCUT2D eigenvalue weighted by Crippen LogP contribution is 2.28. The zero-order valence-electron chi connectivity index (χ0n) is 6.79. The average molecular weight is 153 g/mol. The van der Waals surface area contributed by atoms with Gasteiger partial charge in [-0.2, -0.15) is 5.26 Å². The van der Waals surface area contributed by atoms with E-state index >= 15 is 0 Å². The van der Waals surface area contributed by atoms with Crippen LogP contribution in [0.5, 0.6) is 0 Å². The maximum atomic E-state index is 9.29. The van der Waals surface area contributed by atoms with Gasteiger partial charge in [0, 0.05) is 0 Å². The number of nitrogens with zero attached hydrogens (tertiary/aromatic N) is 1. The molecule has 1 N–H and O–H groups in total. The van der Waals surface area contributed by atoms with Gasteiger partial charge in [0.1, 0.15) is 0 Å². The van der Waals surface area contributed by atoms with Gasteiger partial charge in [0.05, 0.1) is 18.6 Å². The molecule has 62 valence electrons. The molecule has 2 heteroatoms. The Balaban J connectivity index is 2.14. The van der Waals surface area contributed by atoms with E-state index in [1.165, 1.54) is 25.7 Å². The Bertz CT molecular complexity index is 144. The van der Waals surface area contributed by atoms with E-state index in [-0.39, 0.29) is 6.10 Å². The Kier molecular flexibility index (Phi) is 3.38. The van der Waals surface area contributed by atoms with E-state index in [0.717, 1.165) is 6.42 Å². The first kappa shape index (κ1) is 8.55. The predicted molar refractivity (Wildman–Crippen MR) is 42.8 cm³/mol. The molecule has 0 aromatic heterocycles. The van der Waals surface area contributed by atoms with E-state index in [2.05, 4.69) is 0 Å². The van der Waals surface area contributed by atoms with Crippen molar-refractivity contribution in [3.63, 3.8) is 0 Å².